The Kier molecular flexibility index (Phi) is 3.96. The molecule has 0 aliphatic carbocycles. The molecule has 3 rings (SSSR count). The van der Waals surface area contributed by atoms with Crippen LogP contribution in [0, 0.1) is 10.1 Å². The molecule has 0 spiro atoms. The van der Waals surface area contributed by atoms with Gasteiger partial charge >= 0.3 is 5.69 Å². The lowest BCUT2D eigenvalue weighted by atomic mass is 10.1. The van der Waals surface area contributed by atoms with E-state index in [0.29, 0.717) is 18.3 Å². The highest BCUT2D eigenvalue weighted by Crippen LogP contribution is 2.31. The Morgan fingerprint density at radius 1 is 1.43 bits per heavy atom. The van der Waals surface area contributed by atoms with Gasteiger partial charge in [-0.3, -0.25) is 10.1 Å². The molecule has 21 heavy (non-hydrogen) atoms. The Balaban J connectivity index is 1.83. The van der Waals surface area contributed by atoms with Crippen molar-refractivity contribution < 1.29 is 4.92 Å². The molecule has 0 unspecified atom stereocenters. The average molecular weight is 286 g/mol. The summed E-state index contributed by atoms with van der Waals surface area (Å²) in [5, 5.41) is 18.7. The molecule has 1 aliphatic rings. The first-order chi connectivity index (χ1) is 10.3. The molecular formula is C15H18N4O2. The summed E-state index contributed by atoms with van der Waals surface area (Å²) >= 11 is 0. The maximum Gasteiger partial charge on any atom is 0.311 e. The normalized spacial score (nSPS) is 18.0. The summed E-state index contributed by atoms with van der Waals surface area (Å²) in [6, 6.07) is 8.00. The van der Waals surface area contributed by atoms with Crippen molar-refractivity contribution in [2.24, 2.45) is 0 Å². The monoisotopic (exact) mass is 286 g/mol. The standard InChI is InChI=1S/C15H18N4O2/c20-19(21)14-10-18-13-6-2-1-5-12(13)15(14)17-9-7-11-4-3-8-16-11/h1-2,5-6,10-11,16H,3-4,7-9H2,(H,17,18)/t11-/m0/s1. The van der Waals surface area contributed by atoms with Crippen LogP contribution in [0.15, 0.2) is 30.5 Å². The van der Waals surface area contributed by atoms with E-state index in [2.05, 4.69) is 15.6 Å². The van der Waals surface area contributed by atoms with Crippen molar-refractivity contribution in [3.05, 3.63) is 40.6 Å². The Bertz CT molecular complexity index is 653. The number of nitro groups is 1. The fourth-order valence-electron chi connectivity index (χ4n) is 2.83. The van der Waals surface area contributed by atoms with Gasteiger partial charge in [0.05, 0.1) is 10.4 Å². The van der Waals surface area contributed by atoms with Crippen LogP contribution in [-0.2, 0) is 0 Å². The molecular weight excluding hydrogens is 268 g/mol. The van der Waals surface area contributed by atoms with Gasteiger partial charge in [-0.2, -0.15) is 0 Å². The first-order valence-electron chi connectivity index (χ1n) is 7.25. The Morgan fingerprint density at radius 2 is 2.29 bits per heavy atom. The van der Waals surface area contributed by atoms with E-state index in [1.54, 1.807) is 0 Å². The number of nitrogens with one attached hydrogen (secondary N) is 2. The highest BCUT2D eigenvalue weighted by molar-refractivity contribution is 5.95. The molecule has 1 aromatic heterocycles. The van der Waals surface area contributed by atoms with Crippen molar-refractivity contribution in [3.63, 3.8) is 0 Å². The van der Waals surface area contributed by atoms with Crippen molar-refractivity contribution in [1.82, 2.24) is 10.3 Å². The van der Waals surface area contributed by atoms with Gasteiger partial charge in [0, 0.05) is 18.0 Å². The minimum Gasteiger partial charge on any atom is -0.379 e. The number of pyridine rings is 1. The molecule has 1 saturated heterocycles. The molecule has 1 aromatic carbocycles. The largest absolute Gasteiger partial charge is 0.379 e. The predicted octanol–water partition coefficient (Wildman–Crippen LogP) is 2.70. The topological polar surface area (TPSA) is 80.1 Å². The van der Waals surface area contributed by atoms with E-state index in [1.807, 2.05) is 24.3 Å². The lowest BCUT2D eigenvalue weighted by molar-refractivity contribution is -0.384. The lowest BCUT2D eigenvalue weighted by Gasteiger charge is -2.13. The van der Waals surface area contributed by atoms with Crippen molar-refractivity contribution in [3.8, 4) is 0 Å². The average Bonchev–Trinajstić information content (AvgIpc) is 3.00. The van der Waals surface area contributed by atoms with E-state index in [9.17, 15) is 10.1 Å². The smallest absolute Gasteiger partial charge is 0.311 e. The molecule has 6 nitrogen and oxygen atoms in total. The zero-order chi connectivity index (χ0) is 14.7. The van der Waals surface area contributed by atoms with Gasteiger partial charge in [-0.05, 0) is 31.9 Å². The molecule has 0 amide bonds. The molecule has 0 saturated carbocycles. The van der Waals surface area contributed by atoms with Gasteiger partial charge in [-0.1, -0.05) is 18.2 Å². The summed E-state index contributed by atoms with van der Waals surface area (Å²) < 4.78 is 0. The highest BCUT2D eigenvalue weighted by atomic mass is 16.6. The molecule has 2 N–H and O–H groups in total. The van der Waals surface area contributed by atoms with Crippen LogP contribution in [0.25, 0.3) is 10.9 Å². The van der Waals surface area contributed by atoms with Crippen molar-refractivity contribution in [1.29, 1.82) is 0 Å². The Labute approximate surface area is 122 Å². The minimum atomic E-state index is -0.379. The molecule has 2 heterocycles. The summed E-state index contributed by atoms with van der Waals surface area (Å²) in [6.45, 7) is 1.79. The van der Waals surface area contributed by atoms with E-state index < -0.39 is 0 Å². The molecule has 1 atom stereocenters. The molecule has 1 fully saturated rings. The van der Waals surface area contributed by atoms with E-state index in [1.165, 1.54) is 19.0 Å². The van der Waals surface area contributed by atoms with Gasteiger partial charge in [0.1, 0.15) is 11.9 Å². The van der Waals surface area contributed by atoms with Crippen LogP contribution in [0.1, 0.15) is 19.3 Å². The van der Waals surface area contributed by atoms with Gasteiger partial charge < -0.3 is 10.6 Å². The summed E-state index contributed by atoms with van der Waals surface area (Å²) in [7, 11) is 0. The Hall–Kier alpha value is -2.21. The van der Waals surface area contributed by atoms with Gasteiger partial charge in [0.25, 0.3) is 0 Å². The summed E-state index contributed by atoms with van der Waals surface area (Å²) in [5.74, 6) is 0. The maximum absolute atomic E-state index is 11.2. The fraction of sp³-hybridized carbons (Fsp3) is 0.400. The number of aromatic nitrogens is 1. The van der Waals surface area contributed by atoms with Gasteiger partial charge in [0.2, 0.25) is 0 Å². The molecule has 1 aliphatic heterocycles. The molecule has 2 aromatic rings. The zero-order valence-corrected chi connectivity index (χ0v) is 11.7. The zero-order valence-electron chi connectivity index (χ0n) is 11.7. The molecule has 6 heteroatoms. The van der Waals surface area contributed by atoms with Gasteiger partial charge in [-0.25, -0.2) is 4.98 Å². The van der Waals surface area contributed by atoms with Crippen LogP contribution in [0.5, 0.6) is 0 Å². The first-order valence-corrected chi connectivity index (χ1v) is 7.25. The number of benzene rings is 1. The second-order valence-electron chi connectivity index (χ2n) is 5.30. The summed E-state index contributed by atoms with van der Waals surface area (Å²) in [6.07, 6.45) is 4.69. The third kappa shape index (κ3) is 2.95. The number of hydrogen-bond donors (Lipinski definition) is 2. The maximum atomic E-state index is 11.2. The third-order valence-corrected chi connectivity index (χ3v) is 3.91. The fourth-order valence-corrected chi connectivity index (χ4v) is 2.83. The van der Waals surface area contributed by atoms with Gasteiger partial charge in [0.15, 0.2) is 0 Å². The molecule has 110 valence electrons. The van der Waals surface area contributed by atoms with Crippen LogP contribution < -0.4 is 10.6 Å². The van der Waals surface area contributed by atoms with E-state index >= 15 is 0 Å². The number of rotatable bonds is 5. The van der Waals surface area contributed by atoms with E-state index in [-0.39, 0.29) is 10.6 Å². The highest BCUT2D eigenvalue weighted by Gasteiger charge is 2.19. The number of anilines is 1. The second kappa shape index (κ2) is 6.05. The predicted molar refractivity (Wildman–Crippen MR) is 82.5 cm³/mol. The Morgan fingerprint density at radius 3 is 3.05 bits per heavy atom. The van der Waals surface area contributed by atoms with Crippen LogP contribution in [0.3, 0.4) is 0 Å². The third-order valence-electron chi connectivity index (χ3n) is 3.91. The first kappa shape index (κ1) is 13.8. The van der Waals surface area contributed by atoms with Crippen molar-refractivity contribution >= 4 is 22.3 Å². The number of para-hydroxylation sites is 1. The van der Waals surface area contributed by atoms with Crippen LogP contribution in [0.2, 0.25) is 0 Å². The van der Waals surface area contributed by atoms with Crippen molar-refractivity contribution in [2.75, 3.05) is 18.4 Å². The second-order valence-corrected chi connectivity index (χ2v) is 5.30. The summed E-state index contributed by atoms with van der Waals surface area (Å²) in [5.41, 5.74) is 1.38. The van der Waals surface area contributed by atoms with Crippen molar-refractivity contribution in [2.45, 2.75) is 25.3 Å². The lowest BCUT2D eigenvalue weighted by Crippen LogP contribution is -2.24. The van der Waals surface area contributed by atoms with Gasteiger partial charge in [-0.15, -0.1) is 0 Å². The number of nitrogens with zero attached hydrogens (tertiary/aromatic N) is 2. The van der Waals surface area contributed by atoms with E-state index in [0.717, 1.165) is 23.9 Å². The molecule has 0 radical (unpaired) electrons. The van der Waals surface area contributed by atoms with Crippen LogP contribution in [-0.4, -0.2) is 29.0 Å². The van der Waals surface area contributed by atoms with Crippen LogP contribution >= 0.6 is 0 Å². The SMILES string of the molecule is O=[N+]([O-])c1cnc2ccccc2c1NCC[C@@H]1CCCN1. The summed E-state index contributed by atoms with van der Waals surface area (Å²) in [4.78, 5) is 15.0. The molecule has 0 bridgehead atoms. The van der Waals surface area contributed by atoms with Crippen LogP contribution in [0.4, 0.5) is 11.4 Å². The quantitative estimate of drug-likeness (QED) is 0.652. The number of fused-ring (bicyclic) bond motifs is 1. The minimum absolute atomic E-state index is 0.0353. The van der Waals surface area contributed by atoms with E-state index in [4.69, 9.17) is 0 Å². The number of hydrogen-bond acceptors (Lipinski definition) is 5.